The Morgan fingerprint density at radius 2 is 1.81 bits per heavy atom. The van der Waals surface area contributed by atoms with Crippen LogP contribution in [0.15, 0.2) is 66.9 Å². The van der Waals surface area contributed by atoms with Gasteiger partial charge in [-0.2, -0.15) is 0 Å². The Labute approximate surface area is 210 Å². The summed E-state index contributed by atoms with van der Waals surface area (Å²) in [4.78, 5) is 24.1. The van der Waals surface area contributed by atoms with E-state index in [1.54, 1.807) is 18.9 Å². The molecule has 1 fully saturated rings. The van der Waals surface area contributed by atoms with Crippen molar-refractivity contribution in [1.82, 2.24) is 14.3 Å². The molecule has 4 aromatic rings. The number of fused-ring (bicyclic) bond motifs is 2. The number of carbonyl (C=O) groups is 1. The van der Waals surface area contributed by atoms with Gasteiger partial charge in [-0.25, -0.2) is 4.98 Å². The van der Waals surface area contributed by atoms with Gasteiger partial charge in [0.15, 0.2) is 6.10 Å². The van der Waals surface area contributed by atoms with Crippen LogP contribution in [-0.2, 0) is 11.3 Å². The van der Waals surface area contributed by atoms with E-state index in [0.717, 1.165) is 61.0 Å². The predicted octanol–water partition coefficient (Wildman–Crippen LogP) is 3.65. The molecular formula is C28H30N6O2. The average molecular weight is 483 g/mol. The van der Waals surface area contributed by atoms with Gasteiger partial charge in [-0.15, -0.1) is 0 Å². The van der Waals surface area contributed by atoms with E-state index in [9.17, 15) is 4.79 Å². The molecule has 0 aliphatic carbocycles. The number of likely N-dealkylation sites (N-methyl/N-ethyl adjacent to an activating group) is 1. The highest BCUT2D eigenvalue weighted by atomic mass is 16.5. The van der Waals surface area contributed by atoms with Crippen molar-refractivity contribution < 1.29 is 9.53 Å². The number of aromatic nitrogens is 2. The standard InChI is InChI=1S/C28H30N6O2/c1-19-28(35)31(2)23-16-20(8-10-25(23)36-19)27-24(34-17-21(29)9-11-26(34)30-27)18-32-12-14-33(15-13-32)22-6-4-3-5-7-22/h3-11,16-17,19H,12-15,18,29H2,1-2H3. The first-order valence-corrected chi connectivity index (χ1v) is 12.4. The SMILES string of the molecule is CC1Oc2ccc(-c3nc4ccc(N)cn4c3CN3CCN(c4ccccc4)CC3)cc2N(C)C1=O. The summed E-state index contributed by atoms with van der Waals surface area (Å²) < 4.78 is 7.93. The first-order chi connectivity index (χ1) is 17.5. The van der Waals surface area contributed by atoms with Crippen molar-refractivity contribution in [3.05, 3.63) is 72.6 Å². The van der Waals surface area contributed by atoms with E-state index in [1.165, 1.54) is 5.69 Å². The van der Waals surface area contributed by atoms with Gasteiger partial charge in [-0.1, -0.05) is 18.2 Å². The summed E-state index contributed by atoms with van der Waals surface area (Å²) in [6, 6.07) is 20.4. The van der Waals surface area contributed by atoms with E-state index in [1.807, 2.05) is 36.5 Å². The minimum atomic E-state index is -0.489. The monoisotopic (exact) mass is 482 g/mol. The Balaban J connectivity index is 1.33. The van der Waals surface area contributed by atoms with Crippen molar-refractivity contribution in [2.75, 3.05) is 48.8 Å². The first-order valence-electron chi connectivity index (χ1n) is 12.4. The van der Waals surface area contributed by atoms with Crippen molar-refractivity contribution >= 4 is 28.6 Å². The van der Waals surface area contributed by atoms with Crippen LogP contribution >= 0.6 is 0 Å². The zero-order valence-electron chi connectivity index (χ0n) is 20.6. The number of piperazine rings is 1. The van der Waals surface area contributed by atoms with E-state index in [2.05, 4.69) is 44.5 Å². The van der Waals surface area contributed by atoms with Crippen LogP contribution in [0.5, 0.6) is 5.75 Å². The number of hydrogen-bond acceptors (Lipinski definition) is 6. The normalized spacial score (nSPS) is 18.4. The lowest BCUT2D eigenvalue weighted by Gasteiger charge is -2.36. The van der Waals surface area contributed by atoms with Crippen LogP contribution in [0, 0.1) is 0 Å². The minimum Gasteiger partial charge on any atom is -0.479 e. The molecule has 36 heavy (non-hydrogen) atoms. The zero-order chi connectivity index (χ0) is 24.8. The van der Waals surface area contributed by atoms with Crippen LogP contribution in [0.2, 0.25) is 0 Å². The lowest BCUT2D eigenvalue weighted by atomic mass is 10.1. The molecule has 8 heteroatoms. The van der Waals surface area contributed by atoms with Gasteiger partial charge in [0, 0.05) is 62.9 Å². The molecule has 2 aromatic heterocycles. The molecule has 184 valence electrons. The fourth-order valence-electron chi connectivity index (χ4n) is 5.17. The Morgan fingerprint density at radius 3 is 2.58 bits per heavy atom. The van der Waals surface area contributed by atoms with Gasteiger partial charge in [0.25, 0.3) is 5.91 Å². The smallest absolute Gasteiger partial charge is 0.267 e. The van der Waals surface area contributed by atoms with Gasteiger partial charge in [-0.3, -0.25) is 9.69 Å². The molecule has 0 bridgehead atoms. The first kappa shape index (κ1) is 22.4. The van der Waals surface area contributed by atoms with Crippen molar-refractivity contribution in [3.8, 4) is 17.0 Å². The summed E-state index contributed by atoms with van der Waals surface area (Å²) in [6.07, 6.45) is 1.46. The molecule has 2 aliphatic heterocycles. The number of nitrogens with two attached hydrogens (primary N) is 1. The number of nitrogen functional groups attached to an aromatic ring is 1. The number of pyridine rings is 1. The molecule has 8 nitrogen and oxygen atoms in total. The highest BCUT2D eigenvalue weighted by Gasteiger charge is 2.30. The molecule has 1 atom stereocenters. The number of rotatable bonds is 4. The maximum absolute atomic E-state index is 12.5. The zero-order valence-corrected chi connectivity index (χ0v) is 20.6. The summed E-state index contributed by atoms with van der Waals surface area (Å²) in [5.41, 5.74) is 12.7. The second kappa shape index (κ2) is 8.87. The summed E-state index contributed by atoms with van der Waals surface area (Å²) in [7, 11) is 1.79. The lowest BCUT2D eigenvalue weighted by molar-refractivity contribution is -0.125. The maximum Gasteiger partial charge on any atom is 0.267 e. The number of anilines is 3. The van der Waals surface area contributed by atoms with Crippen molar-refractivity contribution in [1.29, 1.82) is 0 Å². The molecule has 2 aromatic carbocycles. The van der Waals surface area contributed by atoms with Gasteiger partial charge >= 0.3 is 0 Å². The van der Waals surface area contributed by atoms with Crippen LogP contribution in [0.25, 0.3) is 16.9 Å². The van der Waals surface area contributed by atoms with Gasteiger partial charge in [0.2, 0.25) is 0 Å². The molecule has 2 N–H and O–H groups in total. The Bertz CT molecular complexity index is 1430. The fourth-order valence-corrected chi connectivity index (χ4v) is 5.17. The molecule has 1 unspecified atom stereocenters. The van der Waals surface area contributed by atoms with Gasteiger partial charge in [0.1, 0.15) is 11.4 Å². The molecular weight excluding hydrogens is 452 g/mol. The van der Waals surface area contributed by atoms with Gasteiger partial charge in [0.05, 0.1) is 17.1 Å². The third-order valence-corrected chi connectivity index (χ3v) is 7.18. The minimum absolute atomic E-state index is 0.0565. The van der Waals surface area contributed by atoms with E-state index in [-0.39, 0.29) is 5.91 Å². The largest absolute Gasteiger partial charge is 0.479 e. The van der Waals surface area contributed by atoms with Crippen molar-refractivity contribution in [3.63, 3.8) is 0 Å². The highest BCUT2D eigenvalue weighted by Crippen LogP contribution is 2.38. The molecule has 6 rings (SSSR count). The number of para-hydroxylation sites is 1. The summed E-state index contributed by atoms with van der Waals surface area (Å²) in [6.45, 7) is 6.38. The number of imidazole rings is 1. The van der Waals surface area contributed by atoms with E-state index < -0.39 is 6.10 Å². The number of nitrogens with zero attached hydrogens (tertiary/aromatic N) is 5. The number of ether oxygens (including phenoxy) is 1. The van der Waals surface area contributed by atoms with Crippen LogP contribution < -0.4 is 20.3 Å². The van der Waals surface area contributed by atoms with Crippen LogP contribution in [0.3, 0.4) is 0 Å². The van der Waals surface area contributed by atoms with Crippen molar-refractivity contribution in [2.24, 2.45) is 0 Å². The Hall–Kier alpha value is -4.04. The van der Waals surface area contributed by atoms with Crippen LogP contribution in [0.1, 0.15) is 12.6 Å². The van der Waals surface area contributed by atoms with Crippen molar-refractivity contribution in [2.45, 2.75) is 19.6 Å². The third-order valence-electron chi connectivity index (χ3n) is 7.18. The van der Waals surface area contributed by atoms with E-state index in [0.29, 0.717) is 11.4 Å². The molecule has 0 spiro atoms. The number of carbonyl (C=O) groups excluding carboxylic acids is 1. The molecule has 0 radical (unpaired) electrons. The molecule has 0 saturated carbocycles. The number of hydrogen-bond donors (Lipinski definition) is 1. The Morgan fingerprint density at radius 1 is 1.03 bits per heavy atom. The third kappa shape index (κ3) is 3.93. The molecule has 2 aliphatic rings. The topological polar surface area (TPSA) is 79.3 Å². The van der Waals surface area contributed by atoms with Crippen LogP contribution in [-0.4, -0.2) is 59.5 Å². The van der Waals surface area contributed by atoms with E-state index >= 15 is 0 Å². The fraction of sp³-hybridized carbons (Fsp3) is 0.286. The second-order valence-electron chi connectivity index (χ2n) is 9.54. The number of benzene rings is 2. The van der Waals surface area contributed by atoms with E-state index in [4.69, 9.17) is 15.5 Å². The van der Waals surface area contributed by atoms with Crippen LogP contribution in [0.4, 0.5) is 17.1 Å². The summed E-state index contributed by atoms with van der Waals surface area (Å²) >= 11 is 0. The summed E-state index contributed by atoms with van der Waals surface area (Å²) in [5, 5.41) is 0. The average Bonchev–Trinajstić information content (AvgIpc) is 3.25. The molecule has 1 saturated heterocycles. The lowest BCUT2D eigenvalue weighted by Crippen LogP contribution is -2.46. The van der Waals surface area contributed by atoms with Gasteiger partial charge in [-0.05, 0) is 49.4 Å². The second-order valence-corrected chi connectivity index (χ2v) is 9.54. The molecule has 4 heterocycles. The molecule has 1 amide bonds. The maximum atomic E-state index is 12.5. The van der Waals surface area contributed by atoms with Gasteiger partial charge < -0.3 is 24.7 Å². The number of amides is 1. The predicted molar refractivity (Wildman–Crippen MR) is 142 cm³/mol. The quantitative estimate of drug-likeness (QED) is 0.478. The highest BCUT2D eigenvalue weighted by molar-refractivity contribution is 6.00. The Kier molecular flexibility index (Phi) is 5.53. The summed E-state index contributed by atoms with van der Waals surface area (Å²) in [5.74, 6) is 0.652.